The summed E-state index contributed by atoms with van der Waals surface area (Å²) in [6.07, 6.45) is 7.76. The first kappa shape index (κ1) is 22.2. The SMILES string of the molecule is Cc1ccc(NC(=O)C(=O)c2ccc3c(c2)CCCC3)cc1NC(=O)CN1CCCCC1. The predicted octanol–water partition coefficient (Wildman–Crippen LogP) is 4.12. The van der Waals surface area contributed by atoms with Gasteiger partial charge in [0.2, 0.25) is 5.91 Å². The Bertz CT molecular complexity index is 1020. The van der Waals surface area contributed by atoms with Crippen LogP contribution in [-0.4, -0.2) is 42.1 Å². The maximum atomic E-state index is 12.7. The predicted molar refractivity (Wildman–Crippen MR) is 126 cm³/mol. The fourth-order valence-electron chi connectivity index (χ4n) is 4.54. The second kappa shape index (κ2) is 10.1. The fourth-order valence-corrected chi connectivity index (χ4v) is 4.54. The van der Waals surface area contributed by atoms with Crippen LogP contribution in [0.5, 0.6) is 0 Å². The number of piperidine rings is 1. The van der Waals surface area contributed by atoms with Crippen LogP contribution in [0, 0.1) is 6.92 Å². The average molecular weight is 434 g/mol. The Labute approximate surface area is 189 Å². The van der Waals surface area contributed by atoms with E-state index in [0.29, 0.717) is 23.5 Å². The second-order valence-electron chi connectivity index (χ2n) is 8.89. The minimum Gasteiger partial charge on any atom is -0.325 e. The lowest BCUT2D eigenvalue weighted by atomic mass is 9.89. The molecule has 0 atom stereocenters. The number of hydrogen-bond acceptors (Lipinski definition) is 4. The first-order chi connectivity index (χ1) is 15.5. The molecule has 1 fully saturated rings. The van der Waals surface area contributed by atoms with Gasteiger partial charge in [0.05, 0.1) is 6.54 Å². The van der Waals surface area contributed by atoms with Crippen molar-refractivity contribution in [1.29, 1.82) is 0 Å². The normalized spacial score (nSPS) is 16.2. The molecule has 1 saturated heterocycles. The van der Waals surface area contributed by atoms with E-state index < -0.39 is 11.7 Å². The van der Waals surface area contributed by atoms with Gasteiger partial charge in [-0.2, -0.15) is 0 Å². The molecule has 2 amide bonds. The minimum atomic E-state index is -0.671. The number of aryl methyl sites for hydroxylation is 3. The monoisotopic (exact) mass is 433 g/mol. The molecular weight excluding hydrogens is 402 g/mol. The highest BCUT2D eigenvalue weighted by molar-refractivity contribution is 6.46. The molecule has 1 aliphatic heterocycles. The van der Waals surface area contributed by atoms with Crippen LogP contribution in [-0.2, 0) is 22.4 Å². The summed E-state index contributed by atoms with van der Waals surface area (Å²) in [7, 11) is 0. The number of benzene rings is 2. The number of carbonyl (C=O) groups is 3. The summed E-state index contributed by atoms with van der Waals surface area (Å²) in [4.78, 5) is 40.0. The molecule has 1 heterocycles. The maximum absolute atomic E-state index is 12.7. The Balaban J connectivity index is 1.40. The van der Waals surface area contributed by atoms with Gasteiger partial charge in [-0.3, -0.25) is 19.3 Å². The number of ketones is 1. The molecular formula is C26H31N3O3. The summed E-state index contributed by atoms with van der Waals surface area (Å²) in [5.74, 6) is -1.28. The van der Waals surface area contributed by atoms with E-state index in [1.807, 2.05) is 25.1 Å². The lowest BCUT2D eigenvalue weighted by Crippen LogP contribution is -2.36. The number of rotatable bonds is 6. The highest BCUT2D eigenvalue weighted by Crippen LogP contribution is 2.24. The van der Waals surface area contributed by atoms with Gasteiger partial charge in [-0.1, -0.05) is 24.6 Å². The summed E-state index contributed by atoms with van der Waals surface area (Å²) < 4.78 is 0. The molecule has 0 saturated carbocycles. The van der Waals surface area contributed by atoms with Gasteiger partial charge in [0, 0.05) is 16.9 Å². The van der Waals surface area contributed by atoms with Crippen molar-refractivity contribution in [3.8, 4) is 0 Å². The molecule has 0 radical (unpaired) electrons. The Morgan fingerprint density at radius 1 is 0.844 bits per heavy atom. The zero-order valence-corrected chi connectivity index (χ0v) is 18.7. The molecule has 6 nitrogen and oxygen atoms in total. The van der Waals surface area contributed by atoms with Crippen LogP contribution in [0.15, 0.2) is 36.4 Å². The molecule has 0 spiro atoms. The van der Waals surface area contributed by atoms with E-state index in [1.54, 1.807) is 18.2 Å². The summed E-state index contributed by atoms with van der Waals surface area (Å²) >= 11 is 0. The number of anilines is 2. The van der Waals surface area contributed by atoms with E-state index in [-0.39, 0.29) is 5.91 Å². The number of nitrogens with zero attached hydrogens (tertiary/aromatic N) is 1. The molecule has 168 valence electrons. The molecule has 32 heavy (non-hydrogen) atoms. The zero-order chi connectivity index (χ0) is 22.5. The molecule has 2 N–H and O–H groups in total. The van der Waals surface area contributed by atoms with Gasteiger partial charge in [-0.05, 0) is 93.4 Å². The highest BCUT2D eigenvalue weighted by atomic mass is 16.2. The van der Waals surface area contributed by atoms with Gasteiger partial charge in [0.1, 0.15) is 0 Å². The van der Waals surface area contributed by atoms with Crippen molar-refractivity contribution in [3.63, 3.8) is 0 Å². The largest absolute Gasteiger partial charge is 0.325 e. The summed E-state index contributed by atoms with van der Waals surface area (Å²) in [5, 5.41) is 5.64. The molecule has 0 unspecified atom stereocenters. The number of fused-ring (bicyclic) bond motifs is 1. The van der Waals surface area contributed by atoms with Gasteiger partial charge in [-0.15, -0.1) is 0 Å². The van der Waals surface area contributed by atoms with Crippen molar-refractivity contribution in [1.82, 2.24) is 4.90 Å². The van der Waals surface area contributed by atoms with Crippen LogP contribution in [0.3, 0.4) is 0 Å². The molecule has 1 aliphatic carbocycles. The van der Waals surface area contributed by atoms with Gasteiger partial charge in [0.15, 0.2) is 0 Å². The number of Topliss-reactive ketones (excluding diaryl/α,β-unsaturated/α-hetero) is 1. The van der Waals surface area contributed by atoms with Crippen molar-refractivity contribution in [2.45, 2.75) is 51.9 Å². The molecule has 0 bridgehead atoms. The van der Waals surface area contributed by atoms with Gasteiger partial charge in [-0.25, -0.2) is 0 Å². The summed E-state index contributed by atoms with van der Waals surface area (Å²) in [5.41, 5.74) is 4.90. The Hall–Kier alpha value is -2.99. The van der Waals surface area contributed by atoms with Crippen molar-refractivity contribution in [3.05, 3.63) is 58.7 Å². The second-order valence-corrected chi connectivity index (χ2v) is 8.89. The third kappa shape index (κ3) is 5.43. The number of hydrogen-bond donors (Lipinski definition) is 2. The standard InChI is InChI=1S/C26H31N3O3/c1-18-9-12-22(16-23(18)28-24(30)17-29-13-5-2-6-14-29)27-26(32)25(31)21-11-10-19-7-3-4-8-20(19)15-21/h9-12,15-16H,2-8,13-14,17H2,1H3,(H,27,32)(H,28,30). The fraction of sp³-hybridized carbons (Fsp3) is 0.423. The van der Waals surface area contributed by atoms with Crippen molar-refractivity contribution in [2.24, 2.45) is 0 Å². The molecule has 2 aromatic carbocycles. The van der Waals surface area contributed by atoms with Gasteiger partial charge < -0.3 is 10.6 Å². The Kier molecular flexibility index (Phi) is 7.00. The number of nitrogens with one attached hydrogen (secondary N) is 2. The third-order valence-corrected chi connectivity index (χ3v) is 6.40. The quantitative estimate of drug-likeness (QED) is 0.531. The average Bonchev–Trinajstić information content (AvgIpc) is 2.81. The van der Waals surface area contributed by atoms with E-state index in [0.717, 1.165) is 50.8 Å². The summed E-state index contributed by atoms with van der Waals surface area (Å²) in [6, 6.07) is 10.9. The minimum absolute atomic E-state index is 0.0661. The highest BCUT2D eigenvalue weighted by Gasteiger charge is 2.20. The number of likely N-dealkylation sites (tertiary alicyclic amines) is 1. The first-order valence-corrected chi connectivity index (χ1v) is 11.6. The van der Waals surface area contributed by atoms with Crippen molar-refractivity contribution in [2.75, 3.05) is 30.3 Å². The Morgan fingerprint density at radius 3 is 2.38 bits per heavy atom. The molecule has 4 rings (SSSR count). The molecule has 6 heteroatoms. The summed E-state index contributed by atoms with van der Waals surface area (Å²) in [6.45, 7) is 4.17. The van der Waals surface area contributed by atoms with E-state index in [9.17, 15) is 14.4 Å². The Morgan fingerprint density at radius 2 is 1.59 bits per heavy atom. The van der Waals surface area contributed by atoms with E-state index in [4.69, 9.17) is 0 Å². The van der Waals surface area contributed by atoms with Gasteiger partial charge >= 0.3 is 0 Å². The topological polar surface area (TPSA) is 78.5 Å². The maximum Gasteiger partial charge on any atom is 0.296 e. The number of amides is 2. The molecule has 0 aromatic heterocycles. The van der Waals surface area contributed by atoms with E-state index in [2.05, 4.69) is 15.5 Å². The lowest BCUT2D eigenvalue weighted by Gasteiger charge is -2.25. The first-order valence-electron chi connectivity index (χ1n) is 11.6. The van der Waals surface area contributed by atoms with Crippen LogP contribution >= 0.6 is 0 Å². The van der Waals surface area contributed by atoms with Crippen molar-refractivity contribution >= 4 is 29.0 Å². The third-order valence-electron chi connectivity index (χ3n) is 6.40. The molecule has 2 aromatic rings. The van der Waals surface area contributed by atoms with Crippen LogP contribution in [0.2, 0.25) is 0 Å². The van der Waals surface area contributed by atoms with Crippen LogP contribution in [0.4, 0.5) is 11.4 Å². The van der Waals surface area contributed by atoms with E-state index in [1.165, 1.54) is 24.0 Å². The van der Waals surface area contributed by atoms with E-state index >= 15 is 0 Å². The molecule has 2 aliphatic rings. The van der Waals surface area contributed by atoms with Crippen LogP contribution < -0.4 is 10.6 Å². The van der Waals surface area contributed by atoms with Crippen molar-refractivity contribution < 1.29 is 14.4 Å². The van der Waals surface area contributed by atoms with Crippen LogP contribution in [0.1, 0.15) is 59.2 Å². The smallest absolute Gasteiger partial charge is 0.296 e. The van der Waals surface area contributed by atoms with Crippen LogP contribution in [0.25, 0.3) is 0 Å². The lowest BCUT2D eigenvalue weighted by molar-refractivity contribution is -0.117. The zero-order valence-electron chi connectivity index (χ0n) is 18.7. The number of carbonyl (C=O) groups excluding carboxylic acids is 3. The van der Waals surface area contributed by atoms with Gasteiger partial charge in [0.25, 0.3) is 11.7 Å².